The van der Waals surface area contributed by atoms with Gasteiger partial charge in [-0.25, -0.2) is 9.78 Å². The van der Waals surface area contributed by atoms with Gasteiger partial charge in [-0.05, 0) is 87.7 Å². The van der Waals surface area contributed by atoms with E-state index in [0.29, 0.717) is 61.7 Å². The number of benzene rings is 3. The lowest BCUT2D eigenvalue weighted by Gasteiger charge is -2.38. The Morgan fingerprint density at radius 3 is 2.63 bits per heavy atom. The molecule has 14 heteroatoms. The molecule has 272 valence electrons. The third-order valence-corrected chi connectivity index (χ3v) is 10.00. The van der Waals surface area contributed by atoms with Crippen molar-refractivity contribution in [3.05, 3.63) is 82.1 Å². The van der Waals surface area contributed by atoms with E-state index in [-0.39, 0.29) is 41.4 Å². The van der Waals surface area contributed by atoms with E-state index in [2.05, 4.69) is 15.2 Å². The molecule has 3 heterocycles. The van der Waals surface area contributed by atoms with Gasteiger partial charge in [-0.3, -0.25) is 4.79 Å². The number of hydrogen-bond donors (Lipinski definition) is 3. The van der Waals surface area contributed by atoms with Gasteiger partial charge in [0.15, 0.2) is 0 Å². The molecule has 4 aromatic rings. The zero-order valence-electron chi connectivity index (χ0n) is 28.7. The molecule has 0 aliphatic carbocycles. The molecule has 1 atom stereocenters. The van der Waals surface area contributed by atoms with E-state index in [9.17, 15) is 22.8 Å². The van der Waals surface area contributed by atoms with Crippen molar-refractivity contribution in [2.75, 3.05) is 57.9 Å². The molecule has 2 aliphatic rings. The summed E-state index contributed by atoms with van der Waals surface area (Å²) in [5.41, 5.74) is 7.63. The lowest BCUT2D eigenvalue weighted by atomic mass is 9.92. The summed E-state index contributed by atoms with van der Waals surface area (Å²) >= 11 is 6.20. The van der Waals surface area contributed by atoms with E-state index in [4.69, 9.17) is 27.1 Å². The number of likely N-dealkylation sites (tertiary alicyclic amines) is 1. The standard InChI is InChI=1S/C37H43ClF3N7O3/c1-46(2)14-6-18-51-31-10-5-9-30-34(31)45-35(43-30)25(19-23-20-27(37(39,40)41)33(42)28(38)21-23)22-32(49)47-15-12-26(13-16-47)48-17-11-24-7-3-4-8-29(24)44-36(48)50/h3-5,7-10,20-21,25-26H,6,11-19,22,42H2,1-2H3,(H,43,45)(H,44,50). The Morgan fingerprint density at radius 2 is 1.88 bits per heavy atom. The predicted molar refractivity (Wildman–Crippen MR) is 192 cm³/mol. The van der Waals surface area contributed by atoms with Gasteiger partial charge in [0.05, 0.1) is 28.4 Å². The van der Waals surface area contributed by atoms with Crippen LogP contribution in [-0.2, 0) is 23.8 Å². The predicted octanol–water partition coefficient (Wildman–Crippen LogP) is 6.95. The molecule has 10 nitrogen and oxygen atoms in total. The number of piperidine rings is 1. The van der Waals surface area contributed by atoms with Gasteiger partial charge >= 0.3 is 12.2 Å². The molecule has 1 saturated heterocycles. The largest absolute Gasteiger partial charge is 0.491 e. The number of halogens is 4. The molecule has 1 aromatic heterocycles. The molecule has 6 rings (SSSR count). The number of hydrogen-bond acceptors (Lipinski definition) is 6. The minimum atomic E-state index is -4.70. The molecular formula is C37H43ClF3N7O3. The molecule has 0 bridgehead atoms. The fraction of sp³-hybridized carbons (Fsp3) is 0.432. The van der Waals surface area contributed by atoms with Crippen molar-refractivity contribution in [2.24, 2.45) is 0 Å². The number of nitrogens with two attached hydrogens (primary N) is 1. The second-order valence-electron chi connectivity index (χ2n) is 13.6. The average molecular weight is 726 g/mol. The number of aromatic amines is 1. The molecule has 1 fully saturated rings. The molecule has 3 amide bonds. The first-order valence-corrected chi connectivity index (χ1v) is 17.6. The van der Waals surface area contributed by atoms with Crippen LogP contribution in [0.25, 0.3) is 11.0 Å². The highest BCUT2D eigenvalue weighted by Crippen LogP contribution is 2.39. The number of H-pyrrole nitrogens is 1. The van der Waals surface area contributed by atoms with Crippen LogP contribution < -0.4 is 15.8 Å². The van der Waals surface area contributed by atoms with Gasteiger partial charge in [0.1, 0.15) is 17.1 Å². The summed E-state index contributed by atoms with van der Waals surface area (Å²) in [6, 6.07) is 15.5. The van der Waals surface area contributed by atoms with Crippen LogP contribution in [0.2, 0.25) is 5.02 Å². The van der Waals surface area contributed by atoms with Crippen LogP contribution in [0.4, 0.5) is 29.3 Å². The van der Waals surface area contributed by atoms with E-state index in [0.717, 1.165) is 36.7 Å². The van der Waals surface area contributed by atoms with Crippen LogP contribution >= 0.6 is 11.6 Å². The number of rotatable bonds is 11. The highest BCUT2D eigenvalue weighted by molar-refractivity contribution is 6.33. The summed E-state index contributed by atoms with van der Waals surface area (Å²) < 4.78 is 47.8. The van der Waals surface area contributed by atoms with E-state index >= 15 is 0 Å². The fourth-order valence-corrected chi connectivity index (χ4v) is 7.22. The van der Waals surface area contributed by atoms with Crippen LogP contribution in [0.3, 0.4) is 0 Å². The van der Waals surface area contributed by atoms with E-state index < -0.39 is 23.3 Å². The third kappa shape index (κ3) is 8.53. The number of anilines is 2. The second kappa shape index (κ2) is 15.4. The first-order valence-electron chi connectivity index (χ1n) is 17.2. The first kappa shape index (κ1) is 36.3. The number of amides is 3. The van der Waals surface area contributed by atoms with E-state index in [1.165, 1.54) is 6.07 Å². The zero-order chi connectivity index (χ0) is 36.3. The van der Waals surface area contributed by atoms with E-state index in [1.54, 1.807) is 4.90 Å². The summed E-state index contributed by atoms with van der Waals surface area (Å²) in [4.78, 5) is 40.9. The lowest BCUT2D eigenvalue weighted by molar-refractivity contribution is -0.137. The Hall–Kier alpha value is -4.49. The van der Waals surface area contributed by atoms with Crippen LogP contribution in [0, 0.1) is 0 Å². The third-order valence-electron chi connectivity index (χ3n) is 9.69. The number of fused-ring (bicyclic) bond motifs is 2. The van der Waals surface area contributed by atoms with Crippen molar-refractivity contribution >= 4 is 45.9 Å². The van der Waals surface area contributed by atoms with Crippen molar-refractivity contribution in [1.82, 2.24) is 24.7 Å². The molecule has 4 N–H and O–H groups in total. The van der Waals surface area contributed by atoms with Crippen LogP contribution in [0.1, 0.15) is 54.1 Å². The van der Waals surface area contributed by atoms with Crippen molar-refractivity contribution < 1.29 is 27.5 Å². The molecule has 2 aliphatic heterocycles. The molecular weight excluding hydrogens is 683 g/mol. The number of alkyl halides is 3. The van der Waals surface area contributed by atoms with Gasteiger partial charge < -0.3 is 35.5 Å². The Balaban J connectivity index is 1.20. The maximum absolute atomic E-state index is 13.9. The topological polar surface area (TPSA) is 120 Å². The Morgan fingerprint density at radius 1 is 1.12 bits per heavy atom. The maximum Gasteiger partial charge on any atom is 0.418 e. The number of ether oxygens (including phenoxy) is 1. The van der Waals surface area contributed by atoms with Gasteiger partial charge in [0.25, 0.3) is 0 Å². The van der Waals surface area contributed by atoms with Gasteiger partial charge in [-0.1, -0.05) is 35.9 Å². The van der Waals surface area contributed by atoms with Gasteiger partial charge in [-0.2, -0.15) is 13.2 Å². The SMILES string of the molecule is CN(C)CCCOc1cccc2[nH]c(C(CC(=O)N3CCC(N4CCc5ccccc5NC4=O)CC3)Cc3cc(Cl)c(N)c(C(F)(F)F)c3)nc12. The fourth-order valence-electron chi connectivity index (χ4n) is 6.98. The van der Waals surface area contributed by atoms with E-state index in [1.807, 2.05) is 61.5 Å². The van der Waals surface area contributed by atoms with Crippen LogP contribution in [0.5, 0.6) is 5.75 Å². The highest BCUT2D eigenvalue weighted by Gasteiger charge is 2.36. The summed E-state index contributed by atoms with van der Waals surface area (Å²) in [6.07, 6.45) is -1.88. The minimum Gasteiger partial charge on any atom is -0.491 e. The molecule has 0 saturated carbocycles. The minimum absolute atomic E-state index is 0.00757. The summed E-state index contributed by atoms with van der Waals surface area (Å²) in [5, 5.41) is 2.82. The number of nitrogens with one attached hydrogen (secondary N) is 2. The normalized spacial score (nSPS) is 16.3. The Labute approximate surface area is 300 Å². The molecule has 1 unspecified atom stereocenters. The van der Waals surface area contributed by atoms with Crippen LogP contribution in [0.15, 0.2) is 54.6 Å². The van der Waals surface area contributed by atoms with Crippen molar-refractivity contribution in [3.8, 4) is 5.75 Å². The quantitative estimate of drug-likeness (QED) is 0.114. The maximum atomic E-state index is 13.9. The number of carbonyl (C=O) groups excluding carboxylic acids is 2. The number of carbonyl (C=O) groups is 2. The summed E-state index contributed by atoms with van der Waals surface area (Å²) in [6.45, 7) is 2.81. The highest BCUT2D eigenvalue weighted by atomic mass is 35.5. The lowest BCUT2D eigenvalue weighted by Crippen LogP contribution is -2.50. The number of para-hydroxylation sites is 2. The second-order valence-corrected chi connectivity index (χ2v) is 14.0. The first-order chi connectivity index (χ1) is 24.4. The molecule has 0 radical (unpaired) electrons. The zero-order valence-corrected chi connectivity index (χ0v) is 29.5. The summed E-state index contributed by atoms with van der Waals surface area (Å²) in [5.74, 6) is 0.278. The van der Waals surface area contributed by atoms with Crippen molar-refractivity contribution in [1.29, 1.82) is 0 Å². The Bertz CT molecular complexity index is 1870. The number of urea groups is 1. The average Bonchev–Trinajstić information content (AvgIpc) is 3.46. The number of nitrogen functional groups attached to an aromatic ring is 1. The molecule has 0 spiro atoms. The van der Waals surface area contributed by atoms with Crippen molar-refractivity contribution in [3.63, 3.8) is 0 Å². The summed E-state index contributed by atoms with van der Waals surface area (Å²) in [7, 11) is 3.98. The Kier molecular flexibility index (Phi) is 11.0. The number of imidazole rings is 1. The smallest absolute Gasteiger partial charge is 0.418 e. The molecule has 3 aromatic carbocycles. The van der Waals surface area contributed by atoms with Crippen LogP contribution in [-0.4, -0.2) is 89.5 Å². The van der Waals surface area contributed by atoms with Gasteiger partial charge in [0, 0.05) is 50.2 Å². The monoisotopic (exact) mass is 725 g/mol. The number of aromatic nitrogens is 2. The molecule has 51 heavy (non-hydrogen) atoms. The van der Waals surface area contributed by atoms with Gasteiger partial charge in [-0.15, -0.1) is 0 Å². The number of nitrogens with zero attached hydrogens (tertiary/aromatic N) is 4. The van der Waals surface area contributed by atoms with Crippen molar-refractivity contribution in [2.45, 2.75) is 56.7 Å². The van der Waals surface area contributed by atoms with Gasteiger partial charge in [0.2, 0.25) is 5.91 Å².